The van der Waals surface area contributed by atoms with Crippen molar-refractivity contribution in [3.63, 3.8) is 0 Å². The summed E-state index contributed by atoms with van der Waals surface area (Å²) in [7, 11) is 1.64. The lowest BCUT2D eigenvalue weighted by Crippen LogP contribution is -2.43. The first kappa shape index (κ1) is 28.8. The zero-order chi connectivity index (χ0) is 29.7. The first-order valence-corrected chi connectivity index (χ1v) is 16.4. The van der Waals surface area contributed by atoms with Gasteiger partial charge in [0.15, 0.2) is 5.13 Å². The Morgan fingerprint density at radius 1 is 1.21 bits per heavy atom. The molecular weight excluding hydrogens is 562 g/mol. The molecular formula is C34H41N3O5S. The Bertz CT molecular complexity index is 1520. The Hall–Kier alpha value is -2.98. The number of para-hydroxylation sites is 1. The minimum Gasteiger partial charge on any atom is -0.488 e. The number of carbonyl (C=O) groups is 1. The molecule has 2 aromatic carbocycles. The number of hydrogen-bond acceptors (Lipinski definition) is 8. The monoisotopic (exact) mass is 603 g/mol. The van der Waals surface area contributed by atoms with Gasteiger partial charge in [0.2, 0.25) is 0 Å². The Balaban J connectivity index is 1.09. The summed E-state index contributed by atoms with van der Waals surface area (Å²) in [5.41, 5.74) is 7.67. The van der Waals surface area contributed by atoms with Crippen LogP contribution in [0.1, 0.15) is 47.1 Å². The quantitative estimate of drug-likeness (QED) is 0.345. The fraction of sp³-hybridized carbons (Fsp3) is 0.529. The number of aromatic nitrogens is 1. The molecule has 228 valence electrons. The van der Waals surface area contributed by atoms with Crippen LogP contribution in [0, 0.1) is 25.2 Å². The summed E-state index contributed by atoms with van der Waals surface area (Å²) in [5.74, 6) is 0.282. The largest absolute Gasteiger partial charge is 0.488 e. The Morgan fingerprint density at radius 2 is 2.05 bits per heavy atom. The van der Waals surface area contributed by atoms with Gasteiger partial charge in [0.25, 0.3) is 0 Å². The van der Waals surface area contributed by atoms with E-state index < -0.39 is 11.4 Å². The third-order valence-electron chi connectivity index (χ3n) is 10.4. The molecule has 0 radical (unpaired) electrons. The van der Waals surface area contributed by atoms with Crippen molar-refractivity contribution in [3.8, 4) is 17.0 Å². The third kappa shape index (κ3) is 5.04. The number of methoxy groups -OCH3 is 1. The standard InChI is InChI=1S/C34H41N3O5S/c1-21-5-4-6-28(29-20-43-33(35-29)37-17-25-15-34(25,32(38)39)30(37)19-40-3)31(21)42-18-24-8-7-23-16-36(12-9-27(23)22(24)2)26-10-13-41-14-11-26/h4-8,20,25-26,30H,9-19H2,1-3H3,(H,38,39)/t25-,30+,34+/m0/s1. The van der Waals surface area contributed by atoms with E-state index >= 15 is 0 Å². The number of hydrogen-bond donors (Lipinski definition) is 1. The highest BCUT2D eigenvalue weighted by Crippen LogP contribution is 2.62. The molecule has 0 bridgehead atoms. The number of piperidine rings is 1. The van der Waals surface area contributed by atoms with E-state index in [0.29, 0.717) is 25.8 Å². The Labute approximate surface area is 257 Å². The van der Waals surface area contributed by atoms with E-state index in [1.807, 2.05) is 6.07 Å². The number of aliphatic carboxylic acids is 1. The predicted octanol–water partition coefficient (Wildman–Crippen LogP) is 5.47. The molecule has 4 heterocycles. The van der Waals surface area contributed by atoms with Gasteiger partial charge in [0.1, 0.15) is 12.4 Å². The number of nitrogens with zero attached hydrogens (tertiary/aromatic N) is 3. The summed E-state index contributed by atoms with van der Waals surface area (Å²) >= 11 is 1.56. The van der Waals surface area contributed by atoms with Crippen LogP contribution in [0.15, 0.2) is 35.7 Å². The molecule has 3 aromatic rings. The summed E-state index contributed by atoms with van der Waals surface area (Å²) in [4.78, 5) is 22.0. The van der Waals surface area contributed by atoms with Gasteiger partial charge in [0.05, 0.1) is 23.8 Å². The maximum Gasteiger partial charge on any atom is 0.312 e. The molecule has 9 heteroatoms. The van der Waals surface area contributed by atoms with E-state index in [-0.39, 0.29) is 12.0 Å². The van der Waals surface area contributed by atoms with E-state index in [1.165, 1.54) is 22.3 Å². The average Bonchev–Trinajstić information content (AvgIpc) is 3.38. The third-order valence-corrected chi connectivity index (χ3v) is 11.3. The van der Waals surface area contributed by atoms with Gasteiger partial charge in [0, 0.05) is 56.9 Å². The molecule has 1 aromatic heterocycles. The van der Waals surface area contributed by atoms with E-state index in [0.717, 1.165) is 79.7 Å². The van der Waals surface area contributed by atoms with Gasteiger partial charge < -0.3 is 24.2 Å². The average molecular weight is 604 g/mol. The lowest BCUT2D eigenvalue weighted by Gasteiger charge is -2.38. The summed E-state index contributed by atoms with van der Waals surface area (Å²) in [6.45, 7) is 9.79. The summed E-state index contributed by atoms with van der Waals surface area (Å²) < 4.78 is 17.7. The number of carboxylic acids is 1. The zero-order valence-corrected chi connectivity index (χ0v) is 26.1. The number of carboxylic acid groups (broad SMARTS) is 1. The van der Waals surface area contributed by atoms with Crippen LogP contribution < -0.4 is 9.64 Å². The van der Waals surface area contributed by atoms with Crippen molar-refractivity contribution >= 4 is 22.4 Å². The maximum atomic E-state index is 12.2. The molecule has 0 amide bonds. The molecule has 0 spiro atoms. The van der Waals surface area contributed by atoms with Crippen molar-refractivity contribution in [2.45, 2.75) is 64.8 Å². The van der Waals surface area contributed by atoms with Crippen molar-refractivity contribution in [2.75, 3.05) is 44.9 Å². The number of anilines is 1. The smallest absolute Gasteiger partial charge is 0.312 e. The summed E-state index contributed by atoms with van der Waals surface area (Å²) in [5, 5.41) is 12.9. The maximum absolute atomic E-state index is 12.2. The molecule has 4 aliphatic rings. The Morgan fingerprint density at radius 3 is 2.84 bits per heavy atom. The number of aryl methyl sites for hydroxylation is 1. The van der Waals surface area contributed by atoms with Crippen LogP contribution in [0.25, 0.3) is 11.3 Å². The second kappa shape index (κ2) is 11.5. The molecule has 1 N–H and O–H groups in total. The Kier molecular flexibility index (Phi) is 7.70. The second-order valence-corrected chi connectivity index (χ2v) is 13.5. The van der Waals surface area contributed by atoms with Gasteiger partial charge in [-0.05, 0) is 79.3 Å². The van der Waals surface area contributed by atoms with Crippen LogP contribution in [0.4, 0.5) is 5.13 Å². The summed E-state index contributed by atoms with van der Waals surface area (Å²) in [6.07, 6.45) is 4.06. The van der Waals surface area contributed by atoms with E-state index in [2.05, 4.69) is 53.3 Å². The fourth-order valence-corrected chi connectivity index (χ4v) is 8.67. The zero-order valence-electron chi connectivity index (χ0n) is 25.3. The van der Waals surface area contributed by atoms with Crippen LogP contribution in [-0.2, 0) is 33.8 Å². The molecule has 0 unspecified atom stereocenters. The second-order valence-electron chi connectivity index (χ2n) is 12.7. The van der Waals surface area contributed by atoms with Gasteiger partial charge in [-0.3, -0.25) is 9.69 Å². The normalized spacial score (nSPS) is 25.4. The van der Waals surface area contributed by atoms with Crippen LogP contribution in [-0.4, -0.2) is 73.1 Å². The van der Waals surface area contributed by atoms with Crippen molar-refractivity contribution in [3.05, 3.63) is 63.5 Å². The predicted molar refractivity (Wildman–Crippen MR) is 167 cm³/mol. The molecule has 8 nitrogen and oxygen atoms in total. The highest BCUT2D eigenvalue weighted by molar-refractivity contribution is 7.14. The molecule has 3 fully saturated rings. The van der Waals surface area contributed by atoms with Crippen molar-refractivity contribution < 1.29 is 24.1 Å². The molecule has 3 atom stereocenters. The highest BCUT2D eigenvalue weighted by Gasteiger charge is 2.71. The van der Waals surface area contributed by atoms with Gasteiger partial charge >= 0.3 is 5.97 Å². The van der Waals surface area contributed by atoms with Crippen LogP contribution in [0.5, 0.6) is 5.75 Å². The minimum atomic E-state index is -0.720. The van der Waals surface area contributed by atoms with Gasteiger partial charge in [-0.15, -0.1) is 11.3 Å². The lowest BCUT2D eigenvalue weighted by molar-refractivity contribution is -0.144. The van der Waals surface area contributed by atoms with Crippen LogP contribution in [0.2, 0.25) is 0 Å². The molecule has 7 rings (SSSR count). The van der Waals surface area contributed by atoms with E-state index in [1.54, 1.807) is 18.4 Å². The van der Waals surface area contributed by atoms with Crippen molar-refractivity contribution in [1.82, 2.24) is 9.88 Å². The van der Waals surface area contributed by atoms with Crippen molar-refractivity contribution in [1.29, 1.82) is 0 Å². The van der Waals surface area contributed by atoms with E-state index in [4.69, 9.17) is 19.2 Å². The molecule has 2 saturated heterocycles. The first-order valence-electron chi connectivity index (χ1n) is 15.5. The van der Waals surface area contributed by atoms with Crippen molar-refractivity contribution in [2.24, 2.45) is 11.3 Å². The molecule has 1 saturated carbocycles. The number of benzene rings is 2. The topological polar surface area (TPSA) is 84.4 Å². The first-order chi connectivity index (χ1) is 20.9. The minimum absolute atomic E-state index is 0.153. The SMILES string of the molecule is COC[C@H]1N(c2nc(-c3cccc(C)c3OCc3ccc4c(c3C)CCN(C3CCOCC3)C4)cs2)C[C@@H]2C[C@@]21C(=O)O. The number of fused-ring (bicyclic) bond motifs is 2. The molecule has 1 aliphatic carbocycles. The molecule has 43 heavy (non-hydrogen) atoms. The van der Waals surface area contributed by atoms with E-state index in [9.17, 15) is 9.90 Å². The number of thiazole rings is 1. The van der Waals surface area contributed by atoms with Crippen LogP contribution in [0.3, 0.4) is 0 Å². The number of rotatable bonds is 9. The van der Waals surface area contributed by atoms with Gasteiger partial charge in [-0.25, -0.2) is 4.98 Å². The molecule has 3 aliphatic heterocycles. The van der Waals surface area contributed by atoms with Gasteiger partial charge in [-0.1, -0.05) is 24.3 Å². The number of ether oxygens (including phenoxy) is 3. The fourth-order valence-electron chi connectivity index (χ4n) is 7.78. The van der Waals surface area contributed by atoms with Gasteiger partial charge in [-0.2, -0.15) is 0 Å². The summed E-state index contributed by atoms with van der Waals surface area (Å²) in [6, 6.07) is 11.2. The van der Waals surface area contributed by atoms with Crippen LogP contribution >= 0.6 is 11.3 Å². The lowest BCUT2D eigenvalue weighted by atomic mass is 9.90. The highest BCUT2D eigenvalue weighted by atomic mass is 32.1.